The predicted molar refractivity (Wildman–Crippen MR) is 109 cm³/mol. The Morgan fingerprint density at radius 3 is 2.47 bits per heavy atom. The first kappa shape index (κ1) is 19.8. The number of hydrogen-bond donors (Lipinski definition) is 1. The van der Waals surface area contributed by atoms with Crippen LogP contribution < -0.4 is 5.32 Å². The van der Waals surface area contributed by atoms with Crippen molar-refractivity contribution >= 4 is 11.8 Å². The number of benzene rings is 2. The molecule has 0 radical (unpaired) electrons. The third kappa shape index (κ3) is 4.40. The van der Waals surface area contributed by atoms with E-state index in [2.05, 4.69) is 10.3 Å². The summed E-state index contributed by atoms with van der Waals surface area (Å²) in [6.07, 6.45) is 1.71. The zero-order valence-corrected chi connectivity index (χ0v) is 16.4. The van der Waals surface area contributed by atoms with Gasteiger partial charge in [0.1, 0.15) is 6.26 Å². The summed E-state index contributed by atoms with van der Waals surface area (Å²) in [5.74, 6) is -0.426. The third-order valence-corrected chi connectivity index (χ3v) is 5.11. The monoisotopic (exact) mass is 407 g/mol. The standard InChI is InChI=1S/C23H22FN3O3/c24-20(17-6-2-1-3-7-17)21(28)25-14-16-8-10-18(11-9-16)22-26-19(15-30-22)23(29)27-12-4-5-13-27/h1-3,6-11,15,20H,4-5,12-14H2,(H,25,28). The van der Waals surface area contributed by atoms with Crippen LogP contribution in [0.5, 0.6) is 0 Å². The van der Waals surface area contributed by atoms with Crippen LogP contribution in [0.3, 0.4) is 0 Å². The summed E-state index contributed by atoms with van der Waals surface area (Å²) in [5.41, 5.74) is 2.16. The van der Waals surface area contributed by atoms with E-state index in [0.717, 1.165) is 37.1 Å². The SMILES string of the molecule is O=C(NCc1ccc(-c2nc(C(=O)N3CCCC3)co2)cc1)C(F)c1ccccc1. The molecule has 6 nitrogen and oxygen atoms in total. The van der Waals surface area contributed by atoms with E-state index in [-0.39, 0.29) is 12.5 Å². The van der Waals surface area contributed by atoms with Crippen LogP contribution in [-0.2, 0) is 11.3 Å². The van der Waals surface area contributed by atoms with Crippen molar-refractivity contribution in [3.63, 3.8) is 0 Å². The highest BCUT2D eigenvalue weighted by molar-refractivity contribution is 5.92. The van der Waals surface area contributed by atoms with E-state index >= 15 is 0 Å². The largest absolute Gasteiger partial charge is 0.444 e. The van der Waals surface area contributed by atoms with Crippen LogP contribution in [0.4, 0.5) is 4.39 Å². The van der Waals surface area contributed by atoms with Gasteiger partial charge in [0.05, 0.1) is 0 Å². The van der Waals surface area contributed by atoms with Crippen molar-refractivity contribution < 1.29 is 18.4 Å². The van der Waals surface area contributed by atoms with Gasteiger partial charge in [-0.2, -0.15) is 0 Å². The highest BCUT2D eigenvalue weighted by Crippen LogP contribution is 2.21. The second-order valence-electron chi connectivity index (χ2n) is 7.23. The molecule has 0 spiro atoms. The Labute approximate surface area is 173 Å². The molecule has 2 heterocycles. The van der Waals surface area contributed by atoms with Crippen LogP contribution in [0.25, 0.3) is 11.5 Å². The summed E-state index contributed by atoms with van der Waals surface area (Å²) in [6.45, 7) is 1.72. The molecule has 0 bridgehead atoms. The number of carbonyl (C=O) groups is 2. The molecule has 1 unspecified atom stereocenters. The van der Waals surface area contributed by atoms with Gasteiger partial charge < -0.3 is 14.6 Å². The Morgan fingerprint density at radius 2 is 1.77 bits per heavy atom. The summed E-state index contributed by atoms with van der Waals surface area (Å²) in [6, 6.07) is 15.5. The molecule has 0 saturated carbocycles. The molecule has 7 heteroatoms. The van der Waals surface area contributed by atoms with Gasteiger partial charge in [-0.3, -0.25) is 9.59 Å². The van der Waals surface area contributed by atoms with Crippen LogP contribution in [-0.4, -0.2) is 34.8 Å². The van der Waals surface area contributed by atoms with Gasteiger partial charge in [-0.25, -0.2) is 9.37 Å². The Bertz CT molecular complexity index is 1010. The number of rotatable bonds is 6. The first-order valence-electron chi connectivity index (χ1n) is 9.92. The molecular formula is C23H22FN3O3. The van der Waals surface area contributed by atoms with Crippen LogP contribution in [0.15, 0.2) is 65.3 Å². The van der Waals surface area contributed by atoms with Gasteiger partial charge in [-0.05, 0) is 36.1 Å². The van der Waals surface area contributed by atoms with Gasteiger partial charge >= 0.3 is 0 Å². The Balaban J connectivity index is 1.35. The Hall–Kier alpha value is -3.48. The minimum Gasteiger partial charge on any atom is -0.444 e. The maximum Gasteiger partial charge on any atom is 0.275 e. The summed E-state index contributed by atoms with van der Waals surface area (Å²) < 4.78 is 19.7. The molecule has 1 atom stereocenters. The van der Waals surface area contributed by atoms with Gasteiger partial charge in [-0.1, -0.05) is 42.5 Å². The molecule has 1 aliphatic heterocycles. The average Bonchev–Trinajstić information content (AvgIpc) is 3.50. The van der Waals surface area contributed by atoms with E-state index < -0.39 is 12.1 Å². The molecule has 4 rings (SSSR count). The van der Waals surface area contributed by atoms with Crippen molar-refractivity contribution in [3.05, 3.63) is 77.7 Å². The quantitative estimate of drug-likeness (QED) is 0.672. The predicted octanol–water partition coefficient (Wildman–Crippen LogP) is 3.90. The molecule has 1 aromatic heterocycles. The van der Waals surface area contributed by atoms with Crippen molar-refractivity contribution in [2.75, 3.05) is 13.1 Å². The highest BCUT2D eigenvalue weighted by Gasteiger charge is 2.23. The van der Waals surface area contributed by atoms with E-state index in [4.69, 9.17) is 4.42 Å². The number of hydrogen-bond acceptors (Lipinski definition) is 4. The molecule has 2 amide bonds. The number of alkyl halides is 1. The van der Waals surface area contributed by atoms with Crippen molar-refractivity contribution in [3.8, 4) is 11.5 Å². The van der Waals surface area contributed by atoms with Gasteiger partial charge in [0.15, 0.2) is 5.69 Å². The molecule has 1 fully saturated rings. The zero-order chi connectivity index (χ0) is 20.9. The lowest BCUT2D eigenvalue weighted by atomic mass is 10.1. The second kappa shape index (κ2) is 8.90. The fraction of sp³-hybridized carbons (Fsp3) is 0.261. The average molecular weight is 407 g/mol. The summed E-state index contributed by atoms with van der Waals surface area (Å²) in [7, 11) is 0. The van der Waals surface area contributed by atoms with E-state index in [1.807, 2.05) is 0 Å². The Morgan fingerprint density at radius 1 is 1.07 bits per heavy atom. The number of oxazole rings is 1. The van der Waals surface area contributed by atoms with Gasteiger partial charge in [0, 0.05) is 25.2 Å². The van der Waals surface area contributed by atoms with E-state index in [0.29, 0.717) is 17.1 Å². The molecule has 1 aliphatic rings. The molecule has 1 N–H and O–H groups in total. The van der Waals surface area contributed by atoms with Gasteiger partial charge in [0.2, 0.25) is 12.1 Å². The zero-order valence-electron chi connectivity index (χ0n) is 16.4. The Kier molecular flexibility index (Phi) is 5.88. The lowest BCUT2D eigenvalue weighted by molar-refractivity contribution is -0.126. The lowest BCUT2D eigenvalue weighted by Gasteiger charge is -2.12. The number of amides is 2. The molecule has 30 heavy (non-hydrogen) atoms. The smallest absolute Gasteiger partial charge is 0.275 e. The number of carbonyl (C=O) groups excluding carboxylic acids is 2. The van der Waals surface area contributed by atoms with Crippen molar-refractivity contribution in [2.24, 2.45) is 0 Å². The molecule has 1 saturated heterocycles. The van der Waals surface area contributed by atoms with Crippen molar-refractivity contribution in [1.29, 1.82) is 0 Å². The number of nitrogens with zero attached hydrogens (tertiary/aromatic N) is 2. The number of likely N-dealkylation sites (tertiary alicyclic amines) is 1. The minimum absolute atomic E-state index is 0.110. The van der Waals surface area contributed by atoms with Gasteiger partial charge in [0.25, 0.3) is 11.8 Å². The molecular weight excluding hydrogens is 385 g/mol. The normalized spacial score (nSPS) is 14.5. The van der Waals surface area contributed by atoms with Crippen molar-refractivity contribution in [1.82, 2.24) is 15.2 Å². The summed E-state index contributed by atoms with van der Waals surface area (Å²) in [5, 5.41) is 2.60. The molecule has 2 aromatic carbocycles. The van der Waals surface area contributed by atoms with Crippen LogP contribution in [0.1, 0.15) is 40.6 Å². The highest BCUT2D eigenvalue weighted by atomic mass is 19.1. The first-order valence-corrected chi connectivity index (χ1v) is 9.92. The van der Waals surface area contributed by atoms with Crippen molar-refractivity contribution in [2.45, 2.75) is 25.6 Å². The lowest BCUT2D eigenvalue weighted by Crippen LogP contribution is -2.27. The molecule has 0 aliphatic carbocycles. The summed E-state index contributed by atoms with van der Waals surface area (Å²) >= 11 is 0. The fourth-order valence-corrected chi connectivity index (χ4v) is 3.40. The van der Waals surface area contributed by atoms with E-state index in [1.54, 1.807) is 59.5 Å². The third-order valence-electron chi connectivity index (χ3n) is 5.11. The van der Waals surface area contributed by atoms with Crippen LogP contribution in [0, 0.1) is 0 Å². The number of nitrogens with one attached hydrogen (secondary N) is 1. The molecule has 154 valence electrons. The summed E-state index contributed by atoms with van der Waals surface area (Å²) in [4.78, 5) is 30.5. The maximum absolute atomic E-state index is 14.2. The minimum atomic E-state index is -1.70. The number of halogens is 1. The number of aromatic nitrogens is 1. The fourth-order valence-electron chi connectivity index (χ4n) is 3.40. The van der Waals surface area contributed by atoms with Crippen LogP contribution >= 0.6 is 0 Å². The van der Waals surface area contributed by atoms with E-state index in [9.17, 15) is 14.0 Å². The topological polar surface area (TPSA) is 75.4 Å². The second-order valence-corrected chi connectivity index (χ2v) is 7.23. The first-order chi connectivity index (χ1) is 14.6. The maximum atomic E-state index is 14.2. The molecule has 3 aromatic rings. The van der Waals surface area contributed by atoms with Crippen LogP contribution in [0.2, 0.25) is 0 Å². The van der Waals surface area contributed by atoms with Gasteiger partial charge in [-0.15, -0.1) is 0 Å². The van der Waals surface area contributed by atoms with E-state index in [1.165, 1.54) is 6.26 Å².